The molecule has 0 fully saturated rings. The predicted octanol–water partition coefficient (Wildman–Crippen LogP) is 1.84. The molecule has 1 amide bonds. The molecule has 0 spiro atoms. The first-order valence-corrected chi connectivity index (χ1v) is 5.96. The fourth-order valence-corrected chi connectivity index (χ4v) is 1.48. The maximum atomic E-state index is 13.6. The third kappa shape index (κ3) is 3.75. The summed E-state index contributed by atoms with van der Waals surface area (Å²) in [6.45, 7) is 3.73. The molecule has 0 aliphatic rings. The average molecular weight is 268 g/mol. The molecule has 0 aliphatic heterocycles. The number of nitrogens with one attached hydrogen (secondary N) is 1. The van der Waals surface area contributed by atoms with Crippen molar-refractivity contribution in [1.29, 1.82) is 0 Å². The molecule has 1 rings (SSSR count). The molecule has 19 heavy (non-hydrogen) atoms. The lowest BCUT2D eigenvalue weighted by Crippen LogP contribution is -2.40. The second-order valence-corrected chi connectivity index (χ2v) is 4.40. The Balaban J connectivity index is 2.83. The molecule has 0 radical (unpaired) electrons. The van der Waals surface area contributed by atoms with Crippen molar-refractivity contribution in [2.75, 3.05) is 5.32 Å². The Morgan fingerprint density at radius 2 is 2.11 bits per heavy atom. The molecular weight excluding hydrogens is 251 g/mol. The van der Waals surface area contributed by atoms with Crippen molar-refractivity contribution < 1.29 is 19.1 Å². The van der Waals surface area contributed by atoms with E-state index in [1.807, 2.05) is 13.8 Å². The molecule has 6 heteroatoms. The summed E-state index contributed by atoms with van der Waals surface area (Å²) in [6.07, 6.45) is 0.731. The SMILES string of the molecule is CCC(C)[C@H](N)C(=O)Nc1ccc(C(=O)O)cc1F. The number of nitrogens with two attached hydrogens (primary N) is 1. The van der Waals surface area contributed by atoms with Gasteiger partial charge in [-0.1, -0.05) is 20.3 Å². The number of halogens is 1. The van der Waals surface area contributed by atoms with Crippen LogP contribution in [0.2, 0.25) is 0 Å². The molecule has 0 heterocycles. The van der Waals surface area contributed by atoms with Crippen LogP contribution in [0.1, 0.15) is 30.6 Å². The topological polar surface area (TPSA) is 92.4 Å². The van der Waals surface area contributed by atoms with E-state index in [4.69, 9.17) is 10.8 Å². The number of hydrogen-bond donors (Lipinski definition) is 3. The second kappa shape index (κ2) is 6.29. The first-order valence-electron chi connectivity index (χ1n) is 5.96. The summed E-state index contributed by atoms with van der Waals surface area (Å²) < 4.78 is 13.6. The summed E-state index contributed by atoms with van der Waals surface area (Å²) in [7, 11) is 0. The molecule has 104 valence electrons. The summed E-state index contributed by atoms with van der Waals surface area (Å²) in [5, 5.41) is 11.1. The lowest BCUT2D eigenvalue weighted by Gasteiger charge is -2.18. The lowest BCUT2D eigenvalue weighted by atomic mass is 9.99. The Labute approximate surface area is 110 Å². The van der Waals surface area contributed by atoms with Gasteiger partial charge < -0.3 is 16.2 Å². The highest BCUT2D eigenvalue weighted by Crippen LogP contribution is 2.17. The molecule has 1 aromatic carbocycles. The van der Waals surface area contributed by atoms with Gasteiger partial charge in [-0.15, -0.1) is 0 Å². The quantitative estimate of drug-likeness (QED) is 0.759. The van der Waals surface area contributed by atoms with Crippen LogP contribution in [0.3, 0.4) is 0 Å². The number of benzene rings is 1. The van der Waals surface area contributed by atoms with E-state index < -0.39 is 23.7 Å². The highest BCUT2D eigenvalue weighted by molar-refractivity contribution is 5.95. The van der Waals surface area contributed by atoms with Crippen molar-refractivity contribution >= 4 is 17.6 Å². The molecule has 2 atom stereocenters. The number of carboxylic acid groups (broad SMARTS) is 1. The van der Waals surface area contributed by atoms with Crippen LogP contribution >= 0.6 is 0 Å². The first kappa shape index (κ1) is 15.1. The van der Waals surface area contributed by atoms with Gasteiger partial charge in [0.15, 0.2) is 0 Å². The number of carbonyl (C=O) groups is 2. The molecule has 0 bridgehead atoms. The monoisotopic (exact) mass is 268 g/mol. The van der Waals surface area contributed by atoms with Crippen molar-refractivity contribution in [3.05, 3.63) is 29.6 Å². The Morgan fingerprint density at radius 3 is 2.58 bits per heavy atom. The van der Waals surface area contributed by atoms with E-state index in [-0.39, 0.29) is 17.2 Å². The van der Waals surface area contributed by atoms with Gasteiger partial charge in [0.2, 0.25) is 5.91 Å². The second-order valence-electron chi connectivity index (χ2n) is 4.40. The van der Waals surface area contributed by atoms with Gasteiger partial charge in [0.05, 0.1) is 17.3 Å². The lowest BCUT2D eigenvalue weighted by molar-refractivity contribution is -0.118. The summed E-state index contributed by atoms with van der Waals surface area (Å²) in [5.74, 6) is -2.55. The van der Waals surface area contributed by atoms with Crippen molar-refractivity contribution in [2.24, 2.45) is 11.7 Å². The van der Waals surface area contributed by atoms with Crippen molar-refractivity contribution in [3.63, 3.8) is 0 Å². The van der Waals surface area contributed by atoms with Crippen LogP contribution in [-0.4, -0.2) is 23.0 Å². The number of carboxylic acids is 1. The largest absolute Gasteiger partial charge is 0.478 e. The summed E-state index contributed by atoms with van der Waals surface area (Å²) in [5.41, 5.74) is 5.46. The van der Waals surface area contributed by atoms with Crippen LogP contribution < -0.4 is 11.1 Å². The van der Waals surface area contributed by atoms with Gasteiger partial charge in [-0.3, -0.25) is 4.79 Å². The van der Waals surface area contributed by atoms with Crippen molar-refractivity contribution in [1.82, 2.24) is 0 Å². The number of aromatic carboxylic acids is 1. The zero-order valence-electron chi connectivity index (χ0n) is 10.8. The Morgan fingerprint density at radius 1 is 1.47 bits per heavy atom. The number of amides is 1. The summed E-state index contributed by atoms with van der Waals surface area (Å²) >= 11 is 0. The van der Waals surface area contributed by atoms with Crippen LogP contribution in [0, 0.1) is 11.7 Å². The first-order chi connectivity index (χ1) is 8.86. The van der Waals surface area contributed by atoms with Crippen molar-refractivity contribution in [2.45, 2.75) is 26.3 Å². The Bertz CT molecular complexity index is 491. The predicted molar refractivity (Wildman–Crippen MR) is 69.4 cm³/mol. The fraction of sp³-hybridized carbons (Fsp3) is 0.385. The minimum Gasteiger partial charge on any atom is -0.478 e. The molecule has 1 aromatic rings. The number of carbonyl (C=O) groups excluding carboxylic acids is 1. The third-order valence-corrected chi connectivity index (χ3v) is 3.03. The maximum absolute atomic E-state index is 13.6. The van der Waals surface area contributed by atoms with Gasteiger partial charge >= 0.3 is 5.97 Å². The highest BCUT2D eigenvalue weighted by atomic mass is 19.1. The molecule has 0 saturated carbocycles. The van der Waals surface area contributed by atoms with E-state index >= 15 is 0 Å². The molecule has 1 unspecified atom stereocenters. The smallest absolute Gasteiger partial charge is 0.335 e. The third-order valence-electron chi connectivity index (χ3n) is 3.03. The molecule has 5 nitrogen and oxygen atoms in total. The van der Waals surface area contributed by atoms with E-state index in [9.17, 15) is 14.0 Å². The number of rotatable bonds is 5. The molecular formula is C13H17FN2O3. The van der Waals surface area contributed by atoms with Crippen molar-refractivity contribution in [3.8, 4) is 0 Å². The highest BCUT2D eigenvalue weighted by Gasteiger charge is 2.20. The molecule has 0 aromatic heterocycles. The van der Waals surface area contributed by atoms with Crippen LogP contribution in [0.25, 0.3) is 0 Å². The minimum absolute atomic E-state index is 0.0265. The van der Waals surface area contributed by atoms with E-state index in [2.05, 4.69) is 5.32 Å². The van der Waals surface area contributed by atoms with Crippen LogP contribution in [0.4, 0.5) is 10.1 Å². The minimum atomic E-state index is -1.23. The molecule has 4 N–H and O–H groups in total. The summed E-state index contributed by atoms with van der Waals surface area (Å²) in [4.78, 5) is 22.4. The Hall–Kier alpha value is -1.95. The Kier molecular flexibility index (Phi) is 5.00. The van der Waals surface area contributed by atoms with Gasteiger partial charge in [-0.05, 0) is 24.1 Å². The van der Waals surface area contributed by atoms with E-state index in [1.165, 1.54) is 12.1 Å². The van der Waals surface area contributed by atoms with Gasteiger partial charge in [0.1, 0.15) is 5.82 Å². The zero-order chi connectivity index (χ0) is 14.6. The van der Waals surface area contributed by atoms with Crippen LogP contribution in [-0.2, 0) is 4.79 Å². The van der Waals surface area contributed by atoms with Gasteiger partial charge in [0.25, 0.3) is 0 Å². The molecule has 0 aliphatic carbocycles. The number of hydrogen-bond acceptors (Lipinski definition) is 3. The van der Waals surface area contributed by atoms with Crippen LogP contribution in [0.15, 0.2) is 18.2 Å². The van der Waals surface area contributed by atoms with E-state index in [0.717, 1.165) is 12.5 Å². The maximum Gasteiger partial charge on any atom is 0.335 e. The summed E-state index contributed by atoms with van der Waals surface area (Å²) in [6, 6.07) is 2.55. The average Bonchev–Trinajstić information content (AvgIpc) is 2.38. The van der Waals surface area contributed by atoms with Gasteiger partial charge in [-0.2, -0.15) is 0 Å². The van der Waals surface area contributed by atoms with E-state index in [1.54, 1.807) is 0 Å². The zero-order valence-corrected chi connectivity index (χ0v) is 10.8. The van der Waals surface area contributed by atoms with Gasteiger partial charge in [-0.25, -0.2) is 9.18 Å². The van der Waals surface area contributed by atoms with Crippen LogP contribution in [0.5, 0.6) is 0 Å². The van der Waals surface area contributed by atoms with Gasteiger partial charge in [0, 0.05) is 0 Å². The molecule has 0 saturated heterocycles. The standard InChI is InChI=1S/C13H17FN2O3/c1-3-7(2)11(15)12(17)16-10-5-4-8(13(18)19)6-9(10)14/h4-7,11H,3,15H2,1-2H3,(H,16,17)(H,18,19)/t7?,11-/m0/s1. The normalized spacial score (nSPS) is 13.7. The fourth-order valence-electron chi connectivity index (χ4n) is 1.48. The van der Waals surface area contributed by atoms with E-state index in [0.29, 0.717) is 0 Å². The number of anilines is 1.